The highest BCUT2D eigenvalue weighted by Gasteiger charge is 2.19. The van der Waals surface area contributed by atoms with Gasteiger partial charge in [-0.25, -0.2) is 14.6 Å². The van der Waals surface area contributed by atoms with E-state index >= 15 is 0 Å². The van der Waals surface area contributed by atoms with Gasteiger partial charge in [0.2, 0.25) is 11.3 Å². The maximum Gasteiger partial charge on any atom is 0.245 e. The third kappa shape index (κ3) is 2.19. The van der Waals surface area contributed by atoms with E-state index < -0.39 is 0 Å². The van der Waals surface area contributed by atoms with Gasteiger partial charge in [0, 0.05) is 10.6 Å². The molecule has 0 spiro atoms. The summed E-state index contributed by atoms with van der Waals surface area (Å²) >= 11 is 5.91. The predicted molar refractivity (Wildman–Crippen MR) is 74.7 cm³/mol. The van der Waals surface area contributed by atoms with E-state index in [4.69, 9.17) is 23.2 Å². The van der Waals surface area contributed by atoms with Crippen molar-refractivity contribution in [1.82, 2.24) is 20.3 Å². The Morgan fingerprint density at radius 2 is 1.95 bits per heavy atom. The van der Waals surface area contributed by atoms with Gasteiger partial charge in [-0.05, 0) is 28.5 Å². The zero-order valence-corrected chi connectivity index (χ0v) is 11.1. The summed E-state index contributed by atoms with van der Waals surface area (Å²) in [7, 11) is 0. The number of nitrogen functional groups attached to an aromatic ring is 1. The second-order valence-corrected chi connectivity index (χ2v) is 4.44. The summed E-state index contributed by atoms with van der Waals surface area (Å²) in [6, 6.07) is 4.41. The summed E-state index contributed by atoms with van der Waals surface area (Å²) in [6.45, 7) is 0. The van der Waals surface area contributed by atoms with E-state index in [9.17, 15) is 5.11 Å². The molecule has 10 heteroatoms. The van der Waals surface area contributed by atoms with Crippen molar-refractivity contribution >= 4 is 34.4 Å². The zero-order valence-electron chi connectivity index (χ0n) is 10.4. The maximum absolute atomic E-state index is 9.93. The quantitative estimate of drug-likeness (QED) is 0.355. The van der Waals surface area contributed by atoms with Crippen molar-refractivity contribution in [1.29, 1.82) is 0 Å². The Balaban J connectivity index is 2.22. The molecule has 0 amide bonds. The molecule has 106 valence electrons. The van der Waals surface area contributed by atoms with E-state index in [1.807, 2.05) is 0 Å². The normalized spacial score (nSPS) is 12.0. The average molecular weight is 306 g/mol. The number of benzene rings is 1. The number of hydrazone groups is 1. The fourth-order valence-electron chi connectivity index (χ4n) is 1.78. The lowest BCUT2D eigenvalue weighted by molar-refractivity contribution is 0.314. The molecule has 2 aromatic heterocycles. The summed E-state index contributed by atoms with van der Waals surface area (Å²) in [5, 5.41) is 21.0. The number of anilines is 1. The topological polar surface area (TPSA) is 149 Å². The van der Waals surface area contributed by atoms with Crippen LogP contribution in [0.3, 0.4) is 0 Å². The number of phenolic OH excluding ortho intramolecular Hbond substituents is 1. The second-order valence-electron chi connectivity index (χ2n) is 4.01. The molecule has 2 heterocycles. The minimum absolute atomic E-state index is 0.0155. The van der Waals surface area contributed by atoms with E-state index in [1.165, 1.54) is 18.2 Å². The summed E-state index contributed by atoms with van der Waals surface area (Å²) in [6.07, 6.45) is 0. The van der Waals surface area contributed by atoms with Crippen LogP contribution >= 0.6 is 11.6 Å². The lowest BCUT2D eigenvalue weighted by atomic mass is 10.1. The van der Waals surface area contributed by atoms with Gasteiger partial charge in [0.1, 0.15) is 17.2 Å². The smallest absolute Gasteiger partial charge is 0.245 e. The molecular weight excluding hydrogens is 298 g/mol. The summed E-state index contributed by atoms with van der Waals surface area (Å²) in [5.74, 6) is 5.33. The van der Waals surface area contributed by atoms with Gasteiger partial charge in [-0.1, -0.05) is 11.6 Å². The van der Waals surface area contributed by atoms with E-state index in [-0.39, 0.29) is 39.8 Å². The van der Waals surface area contributed by atoms with Crippen molar-refractivity contribution in [3.05, 3.63) is 34.5 Å². The number of nitrogens with zero attached hydrogens (tertiary/aromatic N) is 5. The Kier molecular flexibility index (Phi) is 3.03. The van der Waals surface area contributed by atoms with Crippen molar-refractivity contribution in [3.63, 3.8) is 0 Å². The fourth-order valence-corrected chi connectivity index (χ4v) is 1.95. The van der Waals surface area contributed by atoms with Gasteiger partial charge >= 0.3 is 0 Å². The van der Waals surface area contributed by atoms with E-state index in [2.05, 4.69) is 30.0 Å². The molecule has 0 saturated carbocycles. The first-order valence-corrected chi connectivity index (χ1v) is 6.01. The van der Waals surface area contributed by atoms with Crippen LogP contribution in [0.1, 0.15) is 11.3 Å². The minimum Gasteiger partial charge on any atom is -0.507 e. The number of hydrogen-bond acceptors (Lipinski definition) is 9. The summed E-state index contributed by atoms with van der Waals surface area (Å²) in [4.78, 5) is 8.11. The number of nitrogens with two attached hydrogens (primary N) is 2. The number of fused-ring (bicyclic) bond motifs is 1. The lowest BCUT2D eigenvalue weighted by Crippen LogP contribution is -2.13. The molecule has 0 bridgehead atoms. The number of halogens is 1. The molecule has 21 heavy (non-hydrogen) atoms. The Morgan fingerprint density at radius 3 is 2.67 bits per heavy atom. The molecule has 0 radical (unpaired) electrons. The molecule has 5 N–H and O–H groups in total. The first-order chi connectivity index (χ1) is 10.1. The van der Waals surface area contributed by atoms with Gasteiger partial charge in [0.15, 0.2) is 5.82 Å². The van der Waals surface area contributed by atoms with E-state index in [0.29, 0.717) is 5.02 Å². The molecule has 0 atom stereocenters. The van der Waals surface area contributed by atoms with Crippen LogP contribution < -0.4 is 11.6 Å². The van der Waals surface area contributed by atoms with Crippen LogP contribution in [-0.2, 0) is 0 Å². The molecule has 3 rings (SSSR count). The van der Waals surface area contributed by atoms with Crippen LogP contribution in [0.5, 0.6) is 5.75 Å². The molecule has 0 aliphatic rings. The van der Waals surface area contributed by atoms with Crippen molar-refractivity contribution in [2.24, 2.45) is 10.9 Å². The Hall–Kier alpha value is -2.94. The summed E-state index contributed by atoms with van der Waals surface area (Å²) < 4.78 is 4.51. The highest BCUT2D eigenvalue weighted by Crippen LogP contribution is 2.26. The number of hydrogen-bond donors (Lipinski definition) is 3. The van der Waals surface area contributed by atoms with Gasteiger partial charge in [-0.3, -0.25) is 0 Å². The lowest BCUT2D eigenvalue weighted by Gasteiger charge is -2.08. The highest BCUT2D eigenvalue weighted by molar-refractivity contribution is 6.31. The standard InChI is InChI=1S/C11H8ClN7O2/c12-4-1-2-6(20)5(3-4)7(17-14)8-9(13)16-11-10(15-8)18-21-19-11/h1-3,20H,14H2,(H2,13,16,19). The third-order valence-electron chi connectivity index (χ3n) is 2.71. The first kappa shape index (κ1) is 13.1. The van der Waals surface area contributed by atoms with Crippen LogP contribution in [0.4, 0.5) is 5.82 Å². The molecule has 0 aliphatic heterocycles. The van der Waals surface area contributed by atoms with Gasteiger partial charge < -0.3 is 16.7 Å². The Morgan fingerprint density at radius 1 is 1.24 bits per heavy atom. The maximum atomic E-state index is 9.93. The molecule has 0 saturated heterocycles. The molecule has 3 aromatic rings. The van der Waals surface area contributed by atoms with Crippen LogP contribution in [0.25, 0.3) is 11.3 Å². The number of phenols is 1. The van der Waals surface area contributed by atoms with E-state index in [1.54, 1.807) is 0 Å². The zero-order chi connectivity index (χ0) is 15.0. The van der Waals surface area contributed by atoms with Gasteiger partial charge in [-0.2, -0.15) is 5.10 Å². The average Bonchev–Trinajstić information content (AvgIpc) is 2.90. The predicted octanol–water partition coefficient (Wildman–Crippen LogP) is 0.665. The van der Waals surface area contributed by atoms with Crippen LogP contribution in [-0.4, -0.2) is 31.1 Å². The van der Waals surface area contributed by atoms with Crippen LogP contribution in [0.15, 0.2) is 27.9 Å². The van der Waals surface area contributed by atoms with Crippen molar-refractivity contribution in [2.75, 3.05) is 5.73 Å². The molecular formula is C11H8ClN7O2. The number of rotatable bonds is 2. The van der Waals surface area contributed by atoms with Crippen LogP contribution in [0.2, 0.25) is 5.02 Å². The molecule has 0 fully saturated rings. The summed E-state index contributed by atoms with van der Waals surface area (Å²) in [5.41, 5.74) is 6.63. The number of aromatic nitrogens is 4. The van der Waals surface area contributed by atoms with Gasteiger partial charge in [0.25, 0.3) is 0 Å². The third-order valence-corrected chi connectivity index (χ3v) is 2.94. The molecule has 0 unspecified atom stereocenters. The Bertz CT molecular complexity index is 861. The molecule has 0 aliphatic carbocycles. The number of aromatic hydroxyl groups is 1. The fraction of sp³-hybridized carbons (Fsp3) is 0. The van der Waals surface area contributed by atoms with Crippen LogP contribution in [0, 0.1) is 0 Å². The Labute approximate surface area is 122 Å². The van der Waals surface area contributed by atoms with Gasteiger partial charge in [0.05, 0.1) is 0 Å². The highest BCUT2D eigenvalue weighted by atomic mass is 35.5. The van der Waals surface area contributed by atoms with Crippen molar-refractivity contribution < 1.29 is 9.74 Å². The second kappa shape index (κ2) is 4.87. The SMILES string of the molecule is NN=C(c1cc(Cl)ccc1O)c1nc2nonc2nc1N. The van der Waals surface area contributed by atoms with Crippen molar-refractivity contribution in [2.45, 2.75) is 0 Å². The van der Waals surface area contributed by atoms with Crippen molar-refractivity contribution in [3.8, 4) is 5.75 Å². The first-order valence-electron chi connectivity index (χ1n) is 5.63. The minimum atomic E-state index is -0.0804. The molecule has 1 aromatic carbocycles. The largest absolute Gasteiger partial charge is 0.507 e. The van der Waals surface area contributed by atoms with E-state index in [0.717, 1.165) is 0 Å². The van der Waals surface area contributed by atoms with Gasteiger partial charge in [-0.15, -0.1) is 0 Å². The monoisotopic (exact) mass is 305 g/mol. The molecule has 9 nitrogen and oxygen atoms in total.